The molecule has 0 aliphatic carbocycles. The normalized spacial score (nSPS) is 33.4. The summed E-state index contributed by atoms with van der Waals surface area (Å²) in [6, 6.07) is 0.672. The summed E-state index contributed by atoms with van der Waals surface area (Å²) in [6.45, 7) is 7.85. The summed E-state index contributed by atoms with van der Waals surface area (Å²) in [5.74, 6) is 0. The number of carbonyl (C=O) groups is 1. The van der Waals surface area contributed by atoms with Crippen LogP contribution < -0.4 is 0 Å². The second-order valence-electron chi connectivity index (χ2n) is 5.90. The average Bonchev–Trinajstić information content (AvgIpc) is 2.98. The van der Waals surface area contributed by atoms with Gasteiger partial charge in [0.1, 0.15) is 6.29 Å². The molecule has 0 spiro atoms. The molecule has 2 heterocycles. The lowest BCUT2D eigenvalue weighted by Crippen LogP contribution is -2.44. The maximum absolute atomic E-state index is 11.3. The number of hydrogen-bond acceptors (Lipinski definition) is 4. The molecule has 104 valence electrons. The van der Waals surface area contributed by atoms with Gasteiger partial charge in [0.25, 0.3) is 0 Å². The molecule has 2 unspecified atom stereocenters. The van der Waals surface area contributed by atoms with E-state index >= 15 is 0 Å². The predicted molar refractivity (Wildman–Crippen MR) is 71.7 cm³/mol. The number of aldehydes is 1. The molecule has 2 saturated heterocycles. The molecule has 0 aromatic carbocycles. The number of likely N-dealkylation sites (tertiary alicyclic amines) is 1. The Labute approximate surface area is 110 Å². The van der Waals surface area contributed by atoms with E-state index in [-0.39, 0.29) is 5.41 Å². The number of hydrogen-bond donors (Lipinski definition) is 0. The molecule has 4 nitrogen and oxygen atoms in total. The number of ether oxygens (including phenoxy) is 1. The quantitative estimate of drug-likeness (QED) is 0.662. The van der Waals surface area contributed by atoms with Crippen LogP contribution in [0.2, 0.25) is 0 Å². The topological polar surface area (TPSA) is 32.8 Å². The fraction of sp³-hybridized carbons (Fsp3) is 0.929. The zero-order valence-corrected chi connectivity index (χ0v) is 11.7. The van der Waals surface area contributed by atoms with Gasteiger partial charge >= 0.3 is 0 Å². The Morgan fingerprint density at radius 3 is 3.00 bits per heavy atom. The molecule has 2 aliphatic heterocycles. The third-order valence-electron chi connectivity index (χ3n) is 4.40. The van der Waals surface area contributed by atoms with Gasteiger partial charge in [0.15, 0.2) is 0 Å². The first kappa shape index (κ1) is 14.0. The van der Waals surface area contributed by atoms with E-state index in [1.54, 1.807) is 0 Å². The minimum Gasteiger partial charge on any atom is -0.380 e. The highest BCUT2D eigenvalue weighted by molar-refractivity contribution is 5.60. The van der Waals surface area contributed by atoms with Gasteiger partial charge in [0, 0.05) is 25.7 Å². The van der Waals surface area contributed by atoms with Crippen molar-refractivity contribution in [1.82, 2.24) is 9.80 Å². The summed E-state index contributed by atoms with van der Waals surface area (Å²) in [4.78, 5) is 16.2. The molecule has 2 aliphatic rings. The predicted octanol–water partition coefficient (Wildman–Crippen LogP) is 1.01. The molecule has 0 aromatic heterocycles. The molecule has 0 bridgehead atoms. The van der Waals surface area contributed by atoms with E-state index in [1.165, 1.54) is 19.4 Å². The van der Waals surface area contributed by atoms with Crippen molar-refractivity contribution < 1.29 is 9.53 Å². The van der Waals surface area contributed by atoms with Crippen molar-refractivity contribution in [2.24, 2.45) is 5.41 Å². The van der Waals surface area contributed by atoms with E-state index in [1.807, 2.05) is 0 Å². The van der Waals surface area contributed by atoms with E-state index in [2.05, 4.69) is 23.8 Å². The maximum atomic E-state index is 11.3. The molecule has 0 radical (unpaired) electrons. The number of carbonyl (C=O) groups excluding carboxylic acids is 1. The first-order chi connectivity index (χ1) is 8.69. The van der Waals surface area contributed by atoms with Crippen LogP contribution in [-0.2, 0) is 9.53 Å². The largest absolute Gasteiger partial charge is 0.380 e. The minimum atomic E-state index is -0.246. The van der Waals surface area contributed by atoms with Gasteiger partial charge in [-0.3, -0.25) is 4.90 Å². The number of likely N-dealkylation sites (N-methyl/N-ethyl adjacent to an activating group) is 2. The molecule has 2 fully saturated rings. The third kappa shape index (κ3) is 3.11. The first-order valence-corrected chi connectivity index (χ1v) is 7.16. The second-order valence-corrected chi connectivity index (χ2v) is 5.90. The standard InChI is InChI=1S/C14H26N2O2/c1-3-16-7-4-5-13(16)9-15(2)10-14(11-17)6-8-18-12-14/h11,13H,3-10,12H2,1-2H3. The fourth-order valence-corrected chi connectivity index (χ4v) is 3.36. The molecule has 18 heavy (non-hydrogen) atoms. The van der Waals surface area contributed by atoms with Gasteiger partial charge in [-0.05, 0) is 39.4 Å². The maximum Gasteiger partial charge on any atom is 0.129 e. The van der Waals surface area contributed by atoms with E-state index in [4.69, 9.17) is 4.74 Å². The molecule has 4 heteroatoms. The highest BCUT2D eigenvalue weighted by Gasteiger charge is 2.36. The van der Waals surface area contributed by atoms with Crippen molar-refractivity contribution in [1.29, 1.82) is 0 Å². The molecule has 0 saturated carbocycles. The van der Waals surface area contributed by atoms with Crippen LogP contribution in [0.15, 0.2) is 0 Å². The van der Waals surface area contributed by atoms with Crippen LogP contribution in [0.4, 0.5) is 0 Å². The average molecular weight is 254 g/mol. The van der Waals surface area contributed by atoms with Crippen molar-refractivity contribution >= 4 is 6.29 Å². The van der Waals surface area contributed by atoms with Crippen LogP contribution in [0, 0.1) is 5.41 Å². The zero-order valence-electron chi connectivity index (χ0n) is 11.7. The Balaban J connectivity index is 1.84. The molecule has 2 rings (SSSR count). The van der Waals surface area contributed by atoms with Crippen molar-refractivity contribution in [3.05, 3.63) is 0 Å². The van der Waals surface area contributed by atoms with Crippen molar-refractivity contribution in [2.45, 2.75) is 32.2 Å². The lowest BCUT2D eigenvalue weighted by atomic mass is 9.88. The number of rotatable bonds is 6. The van der Waals surface area contributed by atoms with E-state index in [0.29, 0.717) is 12.6 Å². The SMILES string of the molecule is CCN1CCCC1CN(C)CC1(C=O)CCOC1. The van der Waals surface area contributed by atoms with E-state index < -0.39 is 0 Å². The summed E-state index contributed by atoms with van der Waals surface area (Å²) in [5.41, 5.74) is -0.246. The fourth-order valence-electron chi connectivity index (χ4n) is 3.36. The Kier molecular flexibility index (Phi) is 4.76. The van der Waals surface area contributed by atoms with Crippen LogP contribution >= 0.6 is 0 Å². The summed E-state index contributed by atoms with van der Waals surface area (Å²) >= 11 is 0. The molecular formula is C14H26N2O2. The Bertz CT molecular complexity index is 277. The Morgan fingerprint density at radius 2 is 2.39 bits per heavy atom. The lowest BCUT2D eigenvalue weighted by molar-refractivity contribution is -0.117. The van der Waals surface area contributed by atoms with Gasteiger partial charge in [-0.15, -0.1) is 0 Å². The second kappa shape index (κ2) is 6.13. The van der Waals surface area contributed by atoms with Gasteiger partial charge in [0.2, 0.25) is 0 Å². The van der Waals surface area contributed by atoms with Crippen LogP contribution in [0.5, 0.6) is 0 Å². The molecular weight excluding hydrogens is 228 g/mol. The lowest BCUT2D eigenvalue weighted by Gasteiger charge is -2.32. The van der Waals surface area contributed by atoms with E-state index in [0.717, 1.165) is 38.9 Å². The smallest absolute Gasteiger partial charge is 0.129 e. The number of nitrogens with zero attached hydrogens (tertiary/aromatic N) is 2. The van der Waals surface area contributed by atoms with E-state index in [9.17, 15) is 4.79 Å². The van der Waals surface area contributed by atoms with Crippen LogP contribution in [0.25, 0.3) is 0 Å². The summed E-state index contributed by atoms with van der Waals surface area (Å²) in [6.07, 6.45) is 4.60. The highest BCUT2D eigenvalue weighted by Crippen LogP contribution is 2.27. The first-order valence-electron chi connectivity index (χ1n) is 7.16. The van der Waals surface area contributed by atoms with Crippen molar-refractivity contribution in [2.75, 3.05) is 46.4 Å². The summed E-state index contributed by atoms with van der Waals surface area (Å²) in [5, 5.41) is 0. The van der Waals surface area contributed by atoms with Gasteiger partial charge in [-0.25, -0.2) is 0 Å². The van der Waals surface area contributed by atoms with Gasteiger partial charge < -0.3 is 14.4 Å². The van der Waals surface area contributed by atoms with Crippen LogP contribution in [-0.4, -0.2) is 68.6 Å². The summed E-state index contributed by atoms with van der Waals surface area (Å²) < 4.78 is 5.40. The molecule has 2 atom stereocenters. The van der Waals surface area contributed by atoms with Crippen LogP contribution in [0.1, 0.15) is 26.2 Å². The van der Waals surface area contributed by atoms with Gasteiger partial charge in [-0.2, -0.15) is 0 Å². The highest BCUT2D eigenvalue weighted by atomic mass is 16.5. The Hall–Kier alpha value is -0.450. The molecule has 0 N–H and O–H groups in total. The monoisotopic (exact) mass is 254 g/mol. The molecule has 0 aromatic rings. The molecule has 0 amide bonds. The third-order valence-corrected chi connectivity index (χ3v) is 4.40. The van der Waals surface area contributed by atoms with Crippen LogP contribution in [0.3, 0.4) is 0 Å². The van der Waals surface area contributed by atoms with Gasteiger partial charge in [0.05, 0.1) is 12.0 Å². The van der Waals surface area contributed by atoms with Gasteiger partial charge in [-0.1, -0.05) is 6.92 Å². The van der Waals surface area contributed by atoms with Crippen molar-refractivity contribution in [3.8, 4) is 0 Å². The minimum absolute atomic E-state index is 0.246. The summed E-state index contributed by atoms with van der Waals surface area (Å²) in [7, 11) is 2.13. The Morgan fingerprint density at radius 1 is 1.56 bits per heavy atom. The zero-order chi connectivity index (χ0) is 13.0. The van der Waals surface area contributed by atoms with Crippen molar-refractivity contribution in [3.63, 3.8) is 0 Å².